The van der Waals surface area contributed by atoms with Crippen LogP contribution >= 0.6 is 24.0 Å². The van der Waals surface area contributed by atoms with E-state index in [4.69, 9.17) is 5.14 Å². The highest BCUT2D eigenvalue weighted by molar-refractivity contribution is 14.0. The first-order valence-corrected chi connectivity index (χ1v) is 11.5. The first-order chi connectivity index (χ1) is 14.0. The van der Waals surface area contributed by atoms with E-state index in [1.165, 1.54) is 17.7 Å². The predicted octanol–water partition coefficient (Wildman–Crippen LogP) is 3.04. The number of sulfonamides is 1. The van der Waals surface area contributed by atoms with Crippen LogP contribution in [0, 0.1) is 0 Å². The van der Waals surface area contributed by atoms with Crippen molar-refractivity contribution in [3.63, 3.8) is 0 Å². The zero-order valence-electron chi connectivity index (χ0n) is 18.4. The van der Waals surface area contributed by atoms with Gasteiger partial charge in [0.15, 0.2) is 5.96 Å². The molecule has 2 aromatic rings. The van der Waals surface area contributed by atoms with Crippen LogP contribution < -0.4 is 15.8 Å². The number of benzene rings is 2. The van der Waals surface area contributed by atoms with Crippen LogP contribution in [0.1, 0.15) is 50.5 Å². The summed E-state index contributed by atoms with van der Waals surface area (Å²) in [5.41, 5.74) is 2.82. The monoisotopic (exact) mass is 560 g/mol. The molecule has 9 heteroatoms. The second kappa shape index (κ2) is 11.8. The fraction of sp³-hybridized carbons (Fsp3) is 0.409. The van der Waals surface area contributed by atoms with Gasteiger partial charge in [-0.1, -0.05) is 57.2 Å². The Balaban J connectivity index is 0.00000480. The maximum atomic E-state index is 11.5. The molecule has 31 heavy (non-hydrogen) atoms. The zero-order valence-corrected chi connectivity index (χ0v) is 21.6. The highest BCUT2D eigenvalue weighted by atomic mass is 127. The normalized spacial score (nSPS) is 13.3. The van der Waals surface area contributed by atoms with Crippen LogP contribution in [0.15, 0.2) is 58.4 Å². The highest BCUT2D eigenvalue weighted by Crippen LogP contribution is 2.23. The maximum Gasteiger partial charge on any atom is 0.238 e. The van der Waals surface area contributed by atoms with Gasteiger partial charge in [0.1, 0.15) is 0 Å². The Morgan fingerprint density at radius 3 is 2.32 bits per heavy atom. The van der Waals surface area contributed by atoms with Crippen molar-refractivity contribution in [2.45, 2.75) is 50.7 Å². The largest absolute Gasteiger partial charge is 0.387 e. The van der Waals surface area contributed by atoms with Gasteiger partial charge < -0.3 is 15.7 Å². The van der Waals surface area contributed by atoms with Gasteiger partial charge in [-0.3, -0.25) is 0 Å². The van der Waals surface area contributed by atoms with Crippen molar-refractivity contribution in [3.8, 4) is 0 Å². The molecule has 1 atom stereocenters. The maximum absolute atomic E-state index is 11.5. The number of aliphatic hydroxyl groups excluding tert-OH is 1. The lowest BCUT2D eigenvalue weighted by molar-refractivity contribution is 0.181. The van der Waals surface area contributed by atoms with E-state index in [9.17, 15) is 13.5 Å². The predicted molar refractivity (Wildman–Crippen MR) is 136 cm³/mol. The topological polar surface area (TPSA) is 117 Å². The van der Waals surface area contributed by atoms with Crippen molar-refractivity contribution in [2.75, 3.05) is 13.1 Å². The molecule has 0 heterocycles. The Morgan fingerprint density at radius 1 is 1.13 bits per heavy atom. The van der Waals surface area contributed by atoms with Gasteiger partial charge in [-0.05, 0) is 41.2 Å². The van der Waals surface area contributed by atoms with Gasteiger partial charge in [0.25, 0.3) is 0 Å². The first-order valence-electron chi connectivity index (χ1n) is 9.93. The molecule has 0 aliphatic carbocycles. The molecule has 2 rings (SSSR count). The number of hydrogen-bond acceptors (Lipinski definition) is 4. The fourth-order valence-corrected chi connectivity index (χ4v) is 3.43. The lowest BCUT2D eigenvalue weighted by Gasteiger charge is -2.20. The molecule has 5 N–H and O–H groups in total. The van der Waals surface area contributed by atoms with Crippen molar-refractivity contribution in [3.05, 3.63) is 65.2 Å². The van der Waals surface area contributed by atoms with Gasteiger partial charge in [0, 0.05) is 13.1 Å². The average Bonchev–Trinajstić information content (AvgIpc) is 2.69. The van der Waals surface area contributed by atoms with Crippen LogP contribution in [0.25, 0.3) is 0 Å². The quantitative estimate of drug-likeness (QED) is 0.236. The van der Waals surface area contributed by atoms with Gasteiger partial charge in [-0.25, -0.2) is 18.5 Å². The van der Waals surface area contributed by atoms with E-state index in [0.717, 1.165) is 11.1 Å². The van der Waals surface area contributed by atoms with Crippen LogP contribution in [0.4, 0.5) is 0 Å². The molecule has 172 valence electrons. The molecule has 0 bridgehead atoms. The number of primary sulfonamides is 1. The Labute approximate surface area is 202 Å². The second-order valence-corrected chi connectivity index (χ2v) is 9.72. The second-order valence-electron chi connectivity index (χ2n) is 8.16. The van der Waals surface area contributed by atoms with Crippen molar-refractivity contribution in [1.82, 2.24) is 10.6 Å². The standard InChI is InChI=1S/C22H32N4O3S.HI/c1-5-24-21(25-14-16-7-6-8-19(13-16)30(23,28)29)26-15-20(27)17-9-11-18(12-10-17)22(2,3)4;/h6-13,20,27H,5,14-15H2,1-4H3,(H2,23,28,29)(H2,24,25,26);1H. The number of guanidine groups is 1. The van der Waals surface area contributed by atoms with Gasteiger partial charge in [-0.2, -0.15) is 0 Å². The summed E-state index contributed by atoms with van der Waals surface area (Å²) in [6, 6.07) is 14.3. The zero-order chi connectivity index (χ0) is 22.4. The van der Waals surface area contributed by atoms with E-state index in [-0.39, 0.29) is 47.4 Å². The number of aliphatic hydroxyl groups is 1. The molecule has 2 aromatic carbocycles. The minimum Gasteiger partial charge on any atom is -0.387 e. The highest BCUT2D eigenvalue weighted by Gasteiger charge is 2.15. The number of nitrogens with two attached hydrogens (primary N) is 1. The summed E-state index contributed by atoms with van der Waals surface area (Å²) in [4.78, 5) is 4.52. The van der Waals surface area contributed by atoms with Gasteiger partial charge in [0.05, 0.1) is 17.5 Å². The Morgan fingerprint density at radius 2 is 1.77 bits per heavy atom. The van der Waals surface area contributed by atoms with Crippen LogP contribution in [-0.4, -0.2) is 32.6 Å². The third-order valence-electron chi connectivity index (χ3n) is 4.62. The molecule has 0 radical (unpaired) electrons. The summed E-state index contributed by atoms with van der Waals surface area (Å²) in [7, 11) is -3.75. The van der Waals surface area contributed by atoms with E-state index in [1.54, 1.807) is 12.1 Å². The molecule has 7 nitrogen and oxygen atoms in total. The van der Waals surface area contributed by atoms with E-state index in [1.807, 2.05) is 31.2 Å². The minimum absolute atomic E-state index is 0. The lowest BCUT2D eigenvalue weighted by atomic mass is 9.86. The number of halogens is 1. The number of nitrogens with zero attached hydrogens (tertiary/aromatic N) is 1. The Hall–Kier alpha value is -1.69. The summed E-state index contributed by atoms with van der Waals surface area (Å²) < 4.78 is 23.0. The van der Waals surface area contributed by atoms with E-state index < -0.39 is 16.1 Å². The number of rotatable bonds is 7. The number of hydrogen-bond donors (Lipinski definition) is 4. The first kappa shape index (κ1) is 27.3. The van der Waals surface area contributed by atoms with E-state index in [2.05, 4.69) is 36.4 Å². The third-order valence-corrected chi connectivity index (χ3v) is 5.53. The summed E-state index contributed by atoms with van der Waals surface area (Å²) in [5.74, 6) is 0.531. The van der Waals surface area contributed by atoms with Crippen molar-refractivity contribution in [2.24, 2.45) is 10.1 Å². The van der Waals surface area contributed by atoms with Crippen LogP contribution in [0.2, 0.25) is 0 Å². The van der Waals surface area contributed by atoms with Crippen molar-refractivity contribution in [1.29, 1.82) is 0 Å². The summed E-state index contributed by atoms with van der Waals surface area (Å²) in [6.45, 7) is 9.61. The minimum atomic E-state index is -3.75. The molecule has 0 aliphatic rings. The van der Waals surface area contributed by atoms with Gasteiger partial charge in [-0.15, -0.1) is 24.0 Å². The lowest BCUT2D eigenvalue weighted by Crippen LogP contribution is -2.39. The Kier molecular flexibility index (Phi) is 10.4. The molecule has 0 amide bonds. The van der Waals surface area contributed by atoms with E-state index >= 15 is 0 Å². The van der Waals surface area contributed by atoms with Crippen LogP contribution in [0.5, 0.6) is 0 Å². The molecule has 0 aromatic heterocycles. The molecule has 0 saturated heterocycles. The van der Waals surface area contributed by atoms with Crippen molar-refractivity contribution < 1.29 is 13.5 Å². The Bertz CT molecular complexity index is 971. The van der Waals surface area contributed by atoms with Gasteiger partial charge in [0.2, 0.25) is 10.0 Å². The smallest absolute Gasteiger partial charge is 0.238 e. The number of aliphatic imine (C=N–C) groups is 1. The fourth-order valence-electron chi connectivity index (χ4n) is 2.85. The summed E-state index contributed by atoms with van der Waals surface area (Å²) in [5, 5.41) is 21.9. The molecular formula is C22H33IN4O3S. The average molecular weight is 561 g/mol. The van der Waals surface area contributed by atoms with Crippen LogP contribution in [0.3, 0.4) is 0 Å². The van der Waals surface area contributed by atoms with E-state index in [0.29, 0.717) is 12.5 Å². The summed E-state index contributed by atoms with van der Waals surface area (Å²) >= 11 is 0. The molecule has 1 unspecified atom stereocenters. The number of nitrogens with one attached hydrogen (secondary N) is 2. The SMILES string of the molecule is CCNC(=NCc1cccc(S(N)(=O)=O)c1)NCC(O)c1ccc(C(C)(C)C)cc1.I. The molecule has 0 spiro atoms. The molecule has 0 fully saturated rings. The van der Waals surface area contributed by atoms with Crippen molar-refractivity contribution >= 4 is 40.0 Å². The van der Waals surface area contributed by atoms with Gasteiger partial charge >= 0.3 is 0 Å². The summed E-state index contributed by atoms with van der Waals surface area (Å²) in [6.07, 6.45) is -0.686. The van der Waals surface area contributed by atoms with Crippen LogP contribution in [-0.2, 0) is 22.0 Å². The molecule has 0 aliphatic heterocycles. The third kappa shape index (κ3) is 8.76. The molecular weight excluding hydrogens is 527 g/mol. The molecule has 0 saturated carbocycles.